The molecule has 1 aliphatic carbocycles. The van der Waals surface area contributed by atoms with Crippen LogP contribution in [0.5, 0.6) is 0 Å². The molecule has 0 spiro atoms. The maximum absolute atomic E-state index is 13.5. The Labute approximate surface area is 207 Å². The predicted octanol–water partition coefficient (Wildman–Crippen LogP) is -1.47. The second-order valence-electron chi connectivity index (χ2n) is 9.09. The third kappa shape index (κ3) is 5.58. The van der Waals surface area contributed by atoms with E-state index >= 15 is 0 Å². The van der Waals surface area contributed by atoms with E-state index in [1.54, 1.807) is 0 Å². The number of hydrogen-bond acceptors (Lipinski definition) is 14. The summed E-state index contributed by atoms with van der Waals surface area (Å²) in [6, 6.07) is -1.10. The number of hydrogen-bond donors (Lipinski definition) is 5. The fraction of sp³-hybridized carbons (Fsp3) is 0.750. The number of aliphatic imine (C=N–C) groups is 1. The zero-order valence-electron chi connectivity index (χ0n) is 20.4. The number of aliphatic hydroxyl groups is 3. The number of carbonyl (C=O) groups is 2. The summed E-state index contributed by atoms with van der Waals surface area (Å²) < 4.78 is 38.9. The van der Waals surface area contributed by atoms with E-state index < -0.39 is 68.8 Å². The van der Waals surface area contributed by atoms with Gasteiger partial charge in [0.2, 0.25) is 6.35 Å². The Hall–Kier alpha value is -2.10. The maximum Gasteiger partial charge on any atom is 0.406 e. The average molecular weight is 536 g/mol. The predicted molar refractivity (Wildman–Crippen MR) is 122 cm³/mol. The first-order chi connectivity index (χ1) is 16.8. The number of amidine groups is 1. The number of methoxy groups -OCH3 is 2. The van der Waals surface area contributed by atoms with E-state index in [2.05, 4.69) is 14.8 Å². The number of nitrogens with two attached hydrogens (primary N) is 1. The number of rotatable bonds is 12. The molecular weight excluding hydrogens is 503 g/mol. The number of nitrogens with zero attached hydrogens (tertiary/aromatic N) is 2. The van der Waals surface area contributed by atoms with E-state index in [9.17, 15) is 29.5 Å². The van der Waals surface area contributed by atoms with Crippen molar-refractivity contribution in [3.63, 3.8) is 0 Å². The van der Waals surface area contributed by atoms with E-state index in [-0.39, 0.29) is 24.6 Å². The Morgan fingerprint density at radius 3 is 2.61 bits per heavy atom. The fourth-order valence-corrected chi connectivity index (χ4v) is 5.73. The van der Waals surface area contributed by atoms with Crippen LogP contribution in [0.2, 0.25) is 0 Å². The molecule has 0 radical (unpaired) electrons. The third-order valence-corrected chi connectivity index (χ3v) is 7.71. The van der Waals surface area contributed by atoms with Crippen molar-refractivity contribution < 1.29 is 52.7 Å². The second-order valence-corrected chi connectivity index (χ2v) is 10.9. The topological polar surface area (TPSA) is 212 Å². The van der Waals surface area contributed by atoms with Crippen molar-refractivity contribution >= 4 is 25.5 Å². The van der Waals surface area contributed by atoms with Gasteiger partial charge in [0, 0.05) is 12.6 Å². The number of nitrogens with one attached hydrogen (secondary N) is 1. The lowest BCUT2D eigenvalue weighted by Gasteiger charge is -2.36. The Bertz CT molecular complexity index is 962. The highest BCUT2D eigenvalue weighted by Gasteiger charge is 2.82. The summed E-state index contributed by atoms with van der Waals surface area (Å²) in [6.07, 6.45) is -1.23. The fourth-order valence-electron chi connectivity index (χ4n) is 4.29. The molecule has 1 saturated carbocycles. The van der Waals surface area contributed by atoms with Crippen LogP contribution in [-0.2, 0) is 37.4 Å². The molecule has 16 heteroatoms. The lowest BCUT2D eigenvalue weighted by molar-refractivity contribution is -0.156. The highest BCUT2D eigenvalue weighted by molar-refractivity contribution is 7.51. The molecule has 0 amide bonds. The number of ether oxygens (including phenoxy) is 3. The van der Waals surface area contributed by atoms with Crippen molar-refractivity contribution in [2.24, 2.45) is 16.6 Å². The molecule has 0 bridgehead atoms. The number of fused-ring (bicyclic) bond motifs is 1. The lowest BCUT2D eigenvalue weighted by atomic mass is 10.0. The first-order valence-electron chi connectivity index (χ1n) is 11.2. The van der Waals surface area contributed by atoms with Gasteiger partial charge in [-0.25, -0.2) is 19.4 Å². The lowest BCUT2D eigenvalue weighted by Crippen LogP contribution is -2.53. The summed E-state index contributed by atoms with van der Waals surface area (Å²) in [6.45, 7) is 2.32. The summed E-state index contributed by atoms with van der Waals surface area (Å²) >= 11 is 0. The molecule has 7 atom stereocenters. The van der Waals surface area contributed by atoms with Gasteiger partial charge in [-0.15, -0.1) is 0 Å². The normalized spacial score (nSPS) is 33.5. The molecule has 0 aromatic carbocycles. The van der Waals surface area contributed by atoms with Gasteiger partial charge in [-0.3, -0.25) is 13.8 Å². The van der Waals surface area contributed by atoms with Crippen LogP contribution in [0.4, 0.5) is 0 Å². The molecule has 15 nitrogen and oxygen atoms in total. The summed E-state index contributed by atoms with van der Waals surface area (Å²) in [4.78, 5) is 28.8. The summed E-state index contributed by atoms with van der Waals surface area (Å²) in [5.74, 6) is -3.39. The molecule has 2 aliphatic heterocycles. The van der Waals surface area contributed by atoms with Crippen molar-refractivity contribution in [1.29, 1.82) is 0 Å². The number of aliphatic hydroxyl groups excluding tert-OH is 2. The quantitative estimate of drug-likeness (QED) is 0.142. The van der Waals surface area contributed by atoms with Gasteiger partial charge >= 0.3 is 19.7 Å². The highest BCUT2D eigenvalue weighted by Crippen LogP contribution is 2.62. The van der Waals surface area contributed by atoms with Gasteiger partial charge < -0.3 is 40.2 Å². The van der Waals surface area contributed by atoms with E-state index in [1.807, 2.05) is 13.8 Å². The van der Waals surface area contributed by atoms with Gasteiger partial charge in [-0.2, -0.15) is 0 Å². The molecule has 7 unspecified atom stereocenters. The van der Waals surface area contributed by atoms with Crippen LogP contribution in [0, 0.1) is 5.92 Å². The zero-order chi connectivity index (χ0) is 26.9. The summed E-state index contributed by atoms with van der Waals surface area (Å²) in [5.41, 5.74) is 4.12. The number of carbonyl (C=O) groups excluding carboxylic acids is 2. The molecule has 0 aromatic heterocycles. The zero-order valence-corrected chi connectivity index (χ0v) is 21.3. The Kier molecular flexibility index (Phi) is 8.47. The van der Waals surface area contributed by atoms with Gasteiger partial charge in [0.1, 0.15) is 29.6 Å². The van der Waals surface area contributed by atoms with Crippen LogP contribution in [-0.4, -0.2) is 101 Å². The van der Waals surface area contributed by atoms with E-state index in [4.69, 9.17) is 24.3 Å². The molecule has 0 aromatic rings. The van der Waals surface area contributed by atoms with E-state index in [0.29, 0.717) is 0 Å². The van der Waals surface area contributed by atoms with Crippen LogP contribution in [0.15, 0.2) is 17.3 Å². The van der Waals surface area contributed by atoms with Crippen LogP contribution >= 0.6 is 7.75 Å². The average Bonchev–Trinajstić information content (AvgIpc) is 3.37. The SMILES string of the molecule is COC(=O)COP(=O)(NC(CC(C)C)C(=O)OC)OCC1OC2(O)CC2(N2C=CC(N)=NC2O)C1O. The number of esters is 2. The standard InChI is InChI=1S/C20H33N4O11P/c1-11(2)7-12(17(27)32-4)23-36(30,34-9-15(25)31-3)33-8-13-16(26)19(10-20(19,29)35-13)24-6-5-14(21)22-18(24)28/h5-6,11-13,16,18,26,28-29H,7-10H2,1-4H3,(H2,21,22)(H,23,30). The molecule has 1 saturated heterocycles. The highest BCUT2D eigenvalue weighted by atomic mass is 31.2. The minimum atomic E-state index is -4.39. The van der Waals surface area contributed by atoms with Crippen LogP contribution < -0.4 is 10.8 Å². The molecule has 3 rings (SSSR count). The molecule has 36 heavy (non-hydrogen) atoms. The molecule has 3 aliphatic rings. The molecule has 204 valence electrons. The van der Waals surface area contributed by atoms with Gasteiger partial charge in [0.05, 0.1) is 20.8 Å². The van der Waals surface area contributed by atoms with Crippen molar-refractivity contribution in [2.45, 2.75) is 62.6 Å². The first kappa shape index (κ1) is 28.5. The summed E-state index contributed by atoms with van der Waals surface area (Å²) in [5, 5.41) is 34.6. The molecule has 6 N–H and O–H groups in total. The van der Waals surface area contributed by atoms with Gasteiger partial charge in [0.25, 0.3) is 0 Å². The van der Waals surface area contributed by atoms with Crippen molar-refractivity contribution in [3.8, 4) is 0 Å². The Balaban J connectivity index is 1.75. The maximum atomic E-state index is 13.5. The van der Waals surface area contributed by atoms with Gasteiger partial charge in [-0.05, 0) is 18.4 Å². The Morgan fingerprint density at radius 2 is 2.03 bits per heavy atom. The Morgan fingerprint density at radius 1 is 1.33 bits per heavy atom. The van der Waals surface area contributed by atoms with E-state index in [1.165, 1.54) is 17.2 Å². The third-order valence-electron chi connectivity index (χ3n) is 6.12. The van der Waals surface area contributed by atoms with Crippen molar-refractivity contribution in [2.75, 3.05) is 27.4 Å². The summed E-state index contributed by atoms with van der Waals surface area (Å²) in [7, 11) is -2.12. The minimum absolute atomic E-state index is 0.0161. The molecular formula is C20H33N4O11P. The second kappa shape index (κ2) is 10.7. The van der Waals surface area contributed by atoms with Crippen LogP contribution in [0.25, 0.3) is 0 Å². The monoisotopic (exact) mass is 536 g/mol. The van der Waals surface area contributed by atoms with E-state index in [0.717, 1.165) is 14.2 Å². The van der Waals surface area contributed by atoms with Gasteiger partial charge in [0.15, 0.2) is 12.4 Å². The van der Waals surface area contributed by atoms with Crippen molar-refractivity contribution in [1.82, 2.24) is 9.99 Å². The van der Waals surface area contributed by atoms with Crippen LogP contribution in [0.1, 0.15) is 26.7 Å². The first-order valence-corrected chi connectivity index (χ1v) is 12.7. The minimum Gasteiger partial charge on any atom is -0.468 e. The molecule has 2 fully saturated rings. The van der Waals surface area contributed by atoms with Crippen molar-refractivity contribution in [3.05, 3.63) is 12.3 Å². The smallest absolute Gasteiger partial charge is 0.406 e. The molecule has 2 heterocycles. The van der Waals surface area contributed by atoms with Gasteiger partial charge in [-0.1, -0.05) is 13.8 Å². The van der Waals surface area contributed by atoms with Crippen LogP contribution in [0.3, 0.4) is 0 Å². The largest absolute Gasteiger partial charge is 0.468 e.